The number of benzene rings is 1. The molecule has 1 aromatic heterocycles. The van der Waals surface area contributed by atoms with Gasteiger partial charge in [0.2, 0.25) is 0 Å². The lowest BCUT2D eigenvalue weighted by Crippen LogP contribution is -2.38. The van der Waals surface area contributed by atoms with Gasteiger partial charge in [-0.05, 0) is 31.4 Å². The van der Waals surface area contributed by atoms with E-state index in [1.807, 2.05) is 25.3 Å². The van der Waals surface area contributed by atoms with Gasteiger partial charge in [-0.25, -0.2) is 4.98 Å². The smallest absolute Gasteiger partial charge is 0.147 e. The van der Waals surface area contributed by atoms with Crippen LogP contribution in [0.25, 0.3) is 0 Å². The number of Topliss-reactive ketones (excluding diaryl/α,β-unsaturated/α-hetero) is 1. The molecule has 0 saturated heterocycles. The average molecular weight is 281 g/mol. The Morgan fingerprint density at radius 2 is 2.19 bits per heavy atom. The average Bonchev–Trinajstić information content (AvgIpc) is 3.06. The van der Waals surface area contributed by atoms with Crippen LogP contribution in [0.1, 0.15) is 30.1 Å². The number of hydrogen-bond acceptors (Lipinski definition) is 3. The van der Waals surface area contributed by atoms with Crippen LogP contribution in [0.15, 0.2) is 36.7 Å². The number of ketones is 1. The quantitative estimate of drug-likeness (QED) is 0.920. The predicted octanol–water partition coefficient (Wildman–Crippen LogP) is 2.75. The van der Waals surface area contributed by atoms with Crippen molar-refractivity contribution in [3.05, 3.63) is 48.0 Å². The molecule has 0 unspecified atom stereocenters. The minimum absolute atomic E-state index is 0.0313. The van der Waals surface area contributed by atoms with Crippen molar-refractivity contribution in [1.82, 2.24) is 9.55 Å². The Balaban J connectivity index is 1.61. The molecular formula is C17H19N3O. The van der Waals surface area contributed by atoms with Gasteiger partial charge in [0.25, 0.3) is 0 Å². The van der Waals surface area contributed by atoms with Crippen LogP contribution < -0.4 is 5.32 Å². The standard InChI is InChI=1S/C17H19N3O/c1-11-18-8-9-20(11)10-12-6-7-15-16(17(12)21)13-4-2-3-5-14(13)19-15/h2-5,8-9,12,15-16,19H,6-7,10H2,1H3/t12-,15+,16-/m0/s1. The van der Waals surface area contributed by atoms with Gasteiger partial charge in [-0.1, -0.05) is 18.2 Å². The highest BCUT2D eigenvalue weighted by Crippen LogP contribution is 2.43. The second kappa shape index (κ2) is 4.72. The van der Waals surface area contributed by atoms with Gasteiger partial charge in [0.1, 0.15) is 11.6 Å². The first-order chi connectivity index (χ1) is 10.2. The molecule has 2 aromatic rings. The van der Waals surface area contributed by atoms with Gasteiger partial charge in [0.05, 0.1) is 5.92 Å². The molecule has 1 N–H and O–H groups in total. The molecule has 0 spiro atoms. The predicted molar refractivity (Wildman–Crippen MR) is 81.3 cm³/mol. The summed E-state index contributed by atoms with van der Waals surface area (Å²) in [5, 5.41) is 3.52. The summed E-state index contributed by atoms with van der Waals surface area (Å²) in [6.07, 6.45) is 5.79. The Hall–Kier alpha value is -2.10. The van der Waals surface area contributed by atoms with Gasteiger partial charge in [0, 0.05) is 36.6 Å². The van der Waals surface area contributed by atoms with Crippen LogP contribution in [0, 0.1) is 12.8 Å². The molecule has 4 heteroatoms. The molecule has 1 aliphatic heterocycles. The number of anilines is 1. The third-order valence-corrected chi connectivity index (χ3v) is 4.91. The molecule has 21 heavy (non-hydrogen) atoms. The van der Waals surface area contributed by atoms with E-state index in [0.29, 0.717) is 5.78 Å². The Bertz CT molecular complexity index is 691. The molecule has 0 amide bonds. The van der Waals surface area contributed by atoms with Crippen molar-refractivity contribution in [3.8, 4) is 0 Å². The third kappa shape index (κ3) is 1.97. The molecule has 108 valence electrons. The van der Waals surface area contributed by atoms with E-state index in [4.69, 9.17) is 0 Å². The Labute approximate surface area is 124 Å². The van der Waals surface area contributed by atoms with Crippen molar-refractivity contribution in [3.63, 3.8) is 0 Å². The zero-order valence-corrected chi connectivity index (χ0v) is 12.1. The number of para-hydroxylation sites is 1. The largest absolute Gasteiger partial charge is 0.381 e. The number of aromatic nitrogens is 2. The zero-order chi connectivity index (χ0) is 14.4. The van der Waals surface area contributed by atoms with E-state index in [0.717, 1.165) is 30.9 Å². The van der Waals surface area contributed by atoms with Crippen LogP contribution in [0.3, 0.4) is 0 Å². The van der Waals surface area contributed by atoms with Gasteiger partial charge < -0.3 is 9.88 Å². The Kier molecular flexibility index (Phi) is 2.84. The topological polar surface area (TPSA) is 46.9 Å². The van der Waals surface area contributed by atoms with E-state index in [2.05, 4.69) is 27.0 Å². The molecule has 2 heterocycles. The monoisotopic (exact) mass is 281 g/mol. The van der Waals surface area contributed by atoms with Crippen LogP contribution in [-0.2, 0) is 11.3 Å². The number of imidazole rings is 1. The van der Waals surface area contributed by atoms with Crippen molar-refractivity contribution < 1.29 is 4.79 Å². The van der Waals surface area contributed by atoms with Crippen LogP contribution in [0.5, 0.6) is 0 Å². The van der Waals surface area contributed by atoms with E-state index in [1.54, 1.807) is 6.20 Å². The van der Waals surface area contributed by atoms with E-state index in [1.165, 1.54) is 5.56 Å². The lowest BCUT2D eigenvalue weighted by molar-refractivity contribution is -0.126. The lowest BCUT2D eigenvalue weighted by Gasteiger charge is -2.31. The van der Waals surface area contributed by atoms with Gasteiger partial charge in [-0.15, -0.1) is 0 Å². The minimum Gasteiger partial charge on any atom is -0.381 e. The fourth-order valence-corrected chi connectivity index (χ4v) is 3.78. The Morgan fingerprint density at radius 3 is 3.00 bits per heavy atom. The van der Waals surface area contributed by atoms with Crippen LogP contribution in [0.4, 0.5) is 5.69 Å². The first-order valence-electron chi connectivity index (χ1n) is 7.61. The summed E-state index contributed by atoms with van der Waals surface area (Å²) in [5.74, 6) is 1.50. The second-order valence-corrected chi connectivity index (χ2v) is 6.12. The number of fused-ring (bicyclic) bond motifs is 3. The van der Waals surface area contributed by atoms with Crippen LogP contribution in [0.2, 0.25) is 0 Å². The van der Waals surface area contributed by atoms with Gasteiger partial charge in [0.15, 0.2) is 0 Å². The first kappa shape index (κ1) is 12.6. The van der Waals surface area contributed by atoms with E-state index >= 15 is 0 Å². The van der Waals surface area contributed by atoms with Crippen molar-refractivity contribution >= 4 is 11.5 Å². The molecule has 0 radical (unpaired) electrons. The zero-order valence-electron chi connectivity index (χ0n) is 12.1. The third-order valence-electron chi connectivity index (χ3n) is 4.91. The number of hydrogen-bond donors (Lipinski definition) is 1. The number of carbonyl (C=O) groups is 1. The molecule has 0 bridgehead atoms. The molecule has 2 aliphatic rings. The SMILES string of the molecule is Cc1nccn1C[C@@H]1CC[C@H]2Nc3ccccc3[C@@H]2C1=O. The normalized spacial score (nSPS) is 27.1. The highest BCUT2D eigenvalue weighted by molar-refractivity contribution is 5.93. The first-order valence-corrected chi connectivity index (χ1v) is 7.61. The molecular weight excluding hydrogens is 262 g/mol. The summed E-state index contributed by atoms with van der Waals surface area (Å²) in [7, 11) is 0. The molecule has 4 rings (SSSR count). The molecule has 1 fully saturated rings. The summed E-state index contributed by atoms with van der Waals surface area (Å²) in [4.78, 5) is 17.2. The van der Waals surface area contributed by atoms with Crippen LogP contribution >= 0.6 is 0 Å². The van der Waals surface area contributed by atoms with Gasteiger partial charge in [-0.3, -0.25) is 4.79 Å². The van der Waals surface area contributed by atoms with Crippen molar-refractivity contribution in [2.75, 3.05) is 5.32 Å². The summed E-state index contributed by atoms with van der Waals surface area (Å²) in [6.45, 7) is 2.75. The fraction of sp³-hybridized carbons (Fsp3) is 0.412. The number of rotatable bonds is 2. The summed E-state index contributed by atoms with van der Waals surface area (Å²) in [5.41, 5.74) is 2.32. The van der Waals surface area contributed by atoms with E-state index in [-0.39, 0.29) is 17.9 Å². The maximum Gasteiger partial charge on any atom is 0.147 e. The summed E-state index contributed by atoms with van der Waals surface area (Å²) in [6, 6.07) is 8.51. The number of aryl methyl sites for hydroxylation is 1. The van der Waals surface area contributed by atoms with Crippen molar-refractivity contribution in [2.45, 2.75) is 38.3 Å². The molecule has 1 saturated carbocycles. The second-order valence-electron chi connectivity index (χ2n) is 6.12. The minimum atomic E-state index is 0.0313. The highest BCUT2D eigenvalue weighted by Gasteiger charge is 2.43. The lowest BCUT2D eigenvalue weighted by atomic mass is 9.75. The van der Waals surface area contributed by atoms with Crippen LogP contribution in [-0.4, -0.2) is 21.4 Å². The molecule has 4 nitrogen and oxygen atoms in total. The maximum atomic E-state index is 12.9. The maximum absolute atomic E-state index is 12.9. The van der Waals surface area contributed by atoms with Gasteiger partial charge in [-0.2, -0.15) is 0 Å². The molecule has 1 aliphatic carbocycles. The van der Waals surface area contributed by atoms with E-state index < -0.39 is 0 Å². The van der Waals surface area contributed by atoms with Gasteiger partial charge >= 0.3 is 0 Å². The fourth-order valence-electron chi connectivity index (χ4n) is 3.78. The summed E-state index contributed by atoms with van der Waals surface area (Å²) >= 11 is 0. The molecule has 1 aromatic carbocycles. The summed E-state index contributed by atoms with van der Waals surface area (Å²) < 4.78 is 2.09. The van der Waals surface area contributed by atoms with Crippen molar-refractivity contribution in [2.24, 2.45) is 5.92 Å². The Morgan fingerprint density at radius 1 is 1.33 bits per heavy atom. The van der Waals surface area contributed by atoms with E-state index in [9.17, 15) is 4.79 Å². The number of nitrogens with one attached hydrogen (secondary N) is 1. The highest BCUT2D eigenvalue weighted by atomic mass is 16.1. The number of carbonyl (C=O) groups excluding carboxylic acids is 1. The number of nitrogens with zero attached hydrogens (tertiary/aromatic N) is 2. The molecule has 3 atom stereocenters. The van der Waals surface area contributed by atoms with Crippen molar-refractivity contribution in [1.29, 1.82) is 0 Å².